The Bertz CT molecular complexity index is 1240. The molecule has 15 nitrogen and oxygen atoms in total. The van der Waals surface area contributed by atoms with Crippen LogP contribution >= 0.6 is 0 Å². The molecule has 0 atom stereocenters. The molecule has 0 unspecified atom stereocenters. The van der Waals surface area contributed by atoms with Gasteiger partial charge in [-0.05, 0) is 38.1 Å². The summed E-state index contributed by atoms with van der Waals surface area (Å²) in [6, 6.07) is 12.9. The first kappa shape index (κ1) is 45.1. The van der Waals surface area contributed by atoms with Crippen molar-refractivity contribution in [3.05, 3.63) is 59.7 Å². The van der Waals surface area contributed by atoms with E-state index < -0.39 is 20.2 Å². The summed E-state index contributed by atoms with van der Waals surface area (Å²) >= 11 is 0. The summed E-state index contributed by atoms with van der Waals surface area (Å²) in [6.45, 7) is 10.5. The van der Waals surface area contributed by atoms with E-state index in [-0.39, 0.29) is 36.2 Å². The predicted octanol–water partition coefficient (Wildman–Crippen LogP) is 2.56. The van der Waals surface area contributed by atoms with Gasteiger partial charge in [-0.2, -0.15) is 16.8 Å². The molecule has 0 bridgehead atoms. The topological polar surface area (TPSA) is 170 Å². The van der Waals surface area contributed by atoms with E-state index in [4.69, 9.17) is 51.0 Å². The van der Waals surface area contributed by atoms with E-state index in [2.05, 4.69) is 0 Å². The monoisotopic (exact) mass is 766 g/mol. The van der Waals surface area contributed by atoms with E-state index in [0.717, 1.165) is 11.1 Å². The fraction of sp³-hybridized carbons (Fsp3) is 0.647. The molecular weight excluding hydrogens is 712 g/mol. The maximum absolute atomic E-state index is 12.1. The molecule has 0 N–H and O–H groups in total. The fourth-order valence-corrected chi connectivity index (χ4v) is 5.60. The van der Waals surface area contributed by atoms with Crippen molar-refractivity contribution in [3.63, 3.8) is 0 Å². The summed E-state index contributed by atoms with van der Waals surface area (Å²) in [5.41, 5.74) is 1.94. The molecule has 2 rings (SSSR count). The molecule has 51 heavy (non-hydrogen) atoms. The van der Waals surface area contributed by atoms with Crippen molar-refractivity contribution in [2.75, 3.05) is 132 Å². The van der Waals surface area contributed by atoms with Gasteiger partial charge in [-0.25, -0.2) is 0 Å². The van der Waals surface area contributed by atoms with Crippen LogP contribution in [-0.2, 0) is 71.2 Å². The summed E-state index contributed by atoms with van der Waals surface area (Å²) < 4.78 is 107. The molecular formula is C34H54O15S2. The smallest absolute Gasteiger partial charge is 0.297 e. The molecule has 0 aliphatic carbocycles. The molecule has 0 aliphatic rings. The Morgan fingerprint density at radius 3 is 0.686 bits per heavy atom. The Hall–Kier alpha value is -2.10. The maximum Gasteiger partial charge on any atom is 0.297 e. The Labute approximate surface area is 302 Å². The zero-order chi connectivity index (χ0) is 36.9. The second-order valence-electron chi connectivity index (χ2n) is 10.7. The molecule has 0 radical (unpaired) electrons. The van der Waals surface area contributed by atoms with Gasteiger partial charge in [-0.1, -0.05) is 35.4 Å². The molecule has 0 saturated heterocycles. The average molecular weight is 767 g/mol. The van der Waals surface area contributed by atoms with Crippen molar-refractivity contribution in [2.24, 2.45) is 0 Å². The van der Waals surface area contributed by atoms with Gasteiger partial charge < -0.3 is 42.6 Å². The Morgan fingerprint density at radius 1 is 0.314 bits per heavy atom. The molecule has 17 heteroatoms. The number of hydrogen-bond acceptors (Lipinski definition) is 15. The molecule has 0 aromatic heterocycles. The lowest BCUT2D eigenvalue weighted by molar-refractivity contribution is -0.0257. The first-order chi connectivity index (χ1) is 24.7. The highest BCUT2D eigenvalue weighted by molar-refractivity contribution is 7.87. The average Bonchev–Trinajstić information content (AvgIpc) is 3.11. The summed E-state index contributed by atoms with van der Waals surface area (Å²) in [6.07, 6.45) is 0. The van der Waals surface area contributed by atoms with Crippen LogP contribution in [0.1, 0.15) is 11.1 Å². The molecule has 0 spiro atoms. The number of ether oxygens (including phenoxy) is 9. The van der Waals surface area contributed by atoms with Crippen LogP contribution in [0.3, 0.4) is 0 Å². The molecule has 2 aromatic rings. The summed E-state index contributed by atoms with van der Waals surface area (Å²) in [7, 11) is -7.57. The molecule has 0 aliphatic heterocycles. The van der Waals surface area contributed by atoms with Crippen LogP contribution < -0.4 is 0 Å². The van der Waals surface area contributed by atoms with Crippen LogP contribution in [-0.4, -0.2) is 149 Å². The van der Waals surface area contributed by atoms with E-state index in [1.165, 1.54) is 24.3 Å². The summed E-state index contributed by atoms with van der Waals surface area (Å²) in [5.74, 6) is 0. The zero-order valence-corrected chi connectivity index (χ0v) is 31.3. The van der Waals surface area contributed by atoms with Crippen LogP contribution in [0.15, 0.2) is 58.3 Å². The van der Waals surface area contributed by atoms with Crippen LogP contribution in [0.25, 0.3) is 0 Å². The van der Waals surface area contributed by atoms with Gasteiger partial charge in [-0.15, -0.1) is 0 Å². The fourth-order valence-electron chi connectivity index (χ4n) is 3.81. The van der Waals surface area contributed by atoms with Crippen LogP contribution in [0.5, 0.6) is 0 Å². The van der Waals surface area contributed by atoms with Gasteiger partial charge in [0.1, 0.15) is 0 Å². The first-order valence-corrected chi connectivity index (χ1v) is 19.6. The van der Waals surface area contributed by atoms with Crippen molar-refractivity contribution >= 4 is 20.2 Å². The molecule has 0 fully saturated rings. The Balaban J connectivity index is 1.21. The van der Waals surface area contributed by atoms with Crippen LogP contribution in [0.2, 0.25) is 0 Å². The van der Waals surface area contributed by atoms with Gasteiger partial charge in [0.2, 0.25) is 0 Å². The van der Waals surface area contributed by atoms with Crippen LogP contribution in [0.4, 0.5) is 0 Å². The largest absolute Gasteiger partial charge is 0.377 e. The van der Waals surface area contributed by atoms with E-state index in [1.807, 2.05) is 13.8 Å². The highest BCUT2D eigenvalue weighted by Gasteiger charge is 2.15. The maximum atomic E-state index is 12.1. The van der Waals surface area contributed by atoms with E-state index in [9.17, 15) is 16.8 Å². The highest BCUT2D eigenvalue weighted by atomic mass is 32.2. The zero-order valence-electron chi connectivity index (χ0n) is 29.7. The van der Waals surface area contributed by atoms with E-state index in [1.54, 1.807) is 24.3 Å². The Kier molecular flexibility index (Phi) is 25.1. The van der Waals surface area contributed by atoms with Crippen molar-refractivity contribution in [3.8, 4) is 0 Å². The summed E-state index contributed by atoms with van der Waals surface area (Å²) in [4.78, 5) is 0.240. The normalized spacial score (nSPS) is 12.1. The van der Waals surface area contributed by atoms with Gasteiger partial charge in [0, 0.05) is 0 Å². The second-order valence-corrected chi connectivity index (χ2v) is 13.9. The third-order valence-electron chi connectivity index (χ3n) is 6.53. The lowest BCUT2D eigenvalue weighted by Gasteiger charge is -2.09. The molecule has 0 saturated carbocycles. The lowest BCUT2D eigenvalue weighted by Crippen LogP contribution is -2.16. The minimum atomic E-state index is -3.78. The van der Waals surface area contributed by atoms with Crippen molar-refractivity contribution in [1.82, 2.24) is 0 Å². The third-order valence-corrected chi connectivity index (χ3v) is 9.18. The van der Waals surface area contributed by atoms with E-state index in [0.29, 0.717) is 106 Å². The quantitative estimate of drug-likeness (QED) is 0.0752. The predicted molar refractivity (Wildman–Crippen MR) is 186 cm³/mol. The van der Waals surface area contributed by atoms with Crippen molar-refractivity contribution in [2.45, 2.75) is 23.6 Å². The molecule has 292 valence electrons. The highest BCUT2D eigenvalue weighted by Crippen LogP contribution is 2.14. The van der Waals surface area contributed by atoms with Gasteiger partial charge >= 0.3 is 0 Å². The number of benzene rings is 2. The van der Waals surface area contributed by atoms with Crippen molar-refractivity contribution in [1.29, 1.82) is 0 Å². The third kappa shape index (κ3) is 23.2. The van der Waals surface area contributed by atoms with Gasteiger partial charge in [0.25, 0.3) is 20.2 Å². The molecule has 0 amide bonds. The number of rotatable bonds is 34. The number of hydrogen-bond donors (Lipinski definition) is 0. The second kappa shape index (κ2) is 28.4. The first-order valence-electron chi connectivity index (χ1n) is 16.8. The number of aryl methyl sites for hydroxylation is 2. The lowest BCUT2D eigenvalue weighted by atomic mass is 10.2. The Morgan fingerprint density at radius 2 is 0.490 bits per heavy atom. The van der Waals surface area contributed by atoms with E-state index >= 15 is 0 Å². The minimum absolute atomic E-state index is 0.0691. The van der Waals surface area contributed by atoms with Gasteiger partial charge in [0.05, 0.1) is 142 Å². The summed E-state index contributed by atoms with van der Waals surface area (Å²) in [5, 5.41) is 0. The SMILES string of the molecule is Cc1ccc(S(=O)(=O)OCCOCCOCCOCCOCCOCCOCCOCCOCCOCCOS(=O)(=O)c2ccc(C)cc2)cc1. The van der Waals surface area contributed by atoms with Gasteiger partial charge in [-0.3, -0.25) is 8.37 Å². The van der Waals surface area contributed by atoms with Gasteiger partial charge in [0.15, 0.2) is 0 Å². The standard InChI is InChI=1S/C34H54O15S2/c1-31-3-7-33(8-4-31)50(35,36)48-29-27-46-25-23-44-21-19-42-17-15-40-13-11-39-12-14-41-16-18-43-20-22-45-24-26-47-28-30-49-51(37,38)34-9-5-32(2)6-10-34/h3-10H,11-30H2,1-2H3. The molecule has 0 heterocycles. The van der Waals surface area contributed by atoms with Crippen molar-refractivity contribution < 1.29 is 67.8 Å². The molecule has 2 aromatic carbocycles. The van der Waals surface area contributed by atoms with Crippen LogP contribution in [0, 0.1) is 13.8 Å². The minimum Gasteiger partial charge on any atom is -0.377 e.